The van der Waals surface area contributed by atoms with E-state index in [0.717, 1.165) is 16.7 Å². The maximum absolute atomic E-state index is 6.47. The molecule has 1 nitrogen and oxygen atoms in total. The van der Waals surface area contributed by atoms with Gasteiger partial charge in [0.2, 0.25) is 10.5 Å². The van der Waals surface area contributed by atoms with Gasteiger partial charge in [-0.15, -0.1) is 0 Å². The topological polar surface area (TPSA) is 9.23 Å². The van der Waals surface area contributed by atoms with Gasteiger partial charge in [0.25, 0.3) is 0 Å². The zero-order chi connectivity index (χ0) is 22.3. The highest BCUT2D eigenvalue weighted by Gasteiger charge is 2.38. The second-order valence-corrected chi connectivity index (χ2v) is 8.60. The first-order chi connectivity index (χ1) is 16.3. The Morgan fingerprint density at radius 2 is 0.939 bits per heavy atom. The quantitative estimate of drug-likeness (QED) is 0.204. The fourth-order valence-corrected chi connectivity index (χ4v) is 5.44. The second kappa shape index (κ2) is 8.00. The van der Waals surface area contributed by atoms with E-state index in [-0.39, 0.29) is 0 Å². The van der Waals surface area contributed by atoms with Crippen molar-refractivity contribution in [3.63, 3.8) is 0 Å². The average molecular weight is 438 g/mol. The number of hydrogen-bond acceptors (Lipinski definition) is 1. The van der Waals surface area contributed by atoms with E-state index >= 15 is 0 Å². The van der Waals surface area contributed by atoms with Gasteiger partial charge in [0, 0.05) is 0 Å². The van der Waals surface area contributed by atoms with Crippen LogP contribution in [0.3, 0.4) is 0 Å². The van der Waals surface area contributed by atoms with Gasteiger partial charge in [0.15, 0.2) is 0 Å². The standard InChI is InChI=1S/C31H21OSi/c33-32-31(26-20-19-22-9-1-2-12-25(22)21-26,29-17-7-13-23-10-3-5-15-27(23)29)30-18-8-14-24-11-4-6-16-28(24)30/h1-21H. The van der Waals surface area contributed by atoms with E-state index in [1.165, 1.54) is 32.3 Å². The van der Waals surface area contributed by atoms with Gasteiger partial charge in [-0.25, -0.2) is 0 Å². The van der Waals surface area contributed by atoms with Gasteiger partial charge in [0.1, 0.15) is 5.60 Å². The number of hydrogen-bond donors (Lipinski definition) is 0. The van der Waals surface area contributed by atoms with Gasteiger partial charge in [-0.05, 0) is 55.1 Å². The van der Waals surface area contributed by atoms with Crippen molar-refractivity contribution in [2.75, 3.05) is 0 Å². The molecule has 6 rings (SSSR count). The second-order valence-electron chi connectivity index (χ2n) is 8.40. The minimum atomic E-state index is -0.858. The Kier molecular flexibility index (Phi) is 4.83. The van der Waals surface area contributed by atoms with Crippen LogP contribution in [0.2, 0.25) is 0 Å². The first-order valence-electron chi connectivity index (χ1n) is 11.1. The van der Waals surface area contributed by atoms with Crippen LogP contribution in [0, 0.1) is 0 Å². The van der Waals surface area contributed by atoms with E-state index < -0.39 is 5.60 Å². The molecule has 0 N–H and O–H groups in total. The van der Waals surface area contributed by atoms with Crippen LogP contribution < -0.4 is 0 Å². The summed E-state index contributed by atoms with van der Waals surface area (Å²) in [4.78, 5) is 0. The van der Waals surface area contributed by atoms with E-state index in [4.69, 9.17) is 4.43 Å². The Bertz CT molecular complexity index is 1530. The highest BCUT2D eigenvalue weighted by Crippen LogP contribution is 2.45. The van der Waals surface area contributed by atoms with Crippen LogP contribution in [-0.2, 0) is 10.0 Å². The van der Waals surface area contributed by atoms with E-state index in [0.29, 0.717) is 0 Å². The van der Waals surface area contributed by atoms with Crippen molar-refractivity contribution < 1.29 is 4.43 Å². The lowest BCUT2D eigenvalue weighted by molar-refractivity contribution is 0.177. The normalized spacial score (nSPS) is 11.9. The minimum absolute atomic E-state index is 0.858. The van der Waals surface area contributed by atoms with Crippen molar-refractivity contribution in [2.24, 2.45) is 0 Å². The third-order valence-electron chi connectivity index (χ3n) is 6.65. The van der Waals surface area contributed by atoms with Crippen LogP contribution in [0.5, 0.6) is 0 Å². The smallest absolute Gasteiger partial charge is 0.248 e. The zero-order valence-electron chi connectivity index (χ0n) is 18.0. The molecule has 0 unspecified atom stereocenters. The van der Waals surface area contributed by atoms with E-state index in [1.807, 2.05) is 0 Å². The van der Waals surface area contributed by atoms with E-state index in [2.05, 4.69) is 138 Å². The lowest BCUT2D eigenvalue weighted by Crippen LogP contribution is -2.32. The molecule has 0 saturated carbocycles. The third kappa shape index (κ3) is 3.11. The van der Waals surface area contributed by atoms with Crippen LogP contribution in [0.15, 0.2) is 127 Å². The molecule has 0 bridgehead atoms. The van der Waals surface area contributed by atoms with Gasteiger partial charge in [-0.2, -0.15) is 0 Å². The summed E-state index contributed by atoms with van der Waals surface area (Å²) in [7, 11) is 3.58. The largest absolute Gasteiger partial charge is 0.401 e. The Balaban J connectivity index is 1.78. The van der Waals surface area contributed by atoms with E-state index in [9.17, 15) is 0 Å². The molecule has 0 aliphatic rings. The van der Waals surface area contributed by atoms with Crippen molar-refractivity contribution in [3.8, 4) is 0 Å². The molecule has 155 valence electrons. The summed E-state index contributed by atoms with van der Waals surface area (Å²) in [6.45, 7) is 0. The Morgan fingerprint density at radius 1 is 0.455 bits per heavy atom. The molecular formula is C31H21OSi. The summed E-state index contributed by atoms with van der Waals surface area (Å²) in [6.07, 6.45) is 0. The lowest BCUT2D eigenvalue weighted by atomic mass is 9.76. The summed E-state index contributed by atoms with van der Waals surface area (Å²) in [5.41, 5.74) is 2.41. The fraction of sp³-hybridized carbons (Fsp3) is 0.0323. The predicted octanol–water partition coefficient (Wildman–Crippen LogP) is 7.54. The summed E-state index contributed by atoms with van der Waals surface area (Å²) in [5.74, 6) is 0. The summed E-state index contributed by atoms with van der Waals surface area (Å²) in [6, 6.07) is 45.0. The van der Waals surface area contributed by atoms with Gasteiger partial charge in [-0.1, -0.05) is 121 Å². The molecule has 6 aromatic rings. The number of rotatable bonds is 4. The molecule has 3 radical (unpaired) electrons. The van der Waals surface area contributed by atoms with Crippen molar-refractivity contribution in [2.45, 2.75) is 5.60 Å². The van der Waals surface area contributed by atoms with Crippen LogP contribution in [0.25, 0.3) is 32.3 Å². The molecule has 0 aromatic heterocycles. The van der Waals surface area contributed by atoms with E-state index in [1.54, 1.807) is 0 Å². The summed E-state index contributed by atoms with van der Waals surface area (Å²) < 4.78 is 6.47. The molecule has 0 spiro atoms. The maximum Gasteiger partial charge on any atom is 0.248 e. The first-order valence-corrected chi connectivity index (χ1v) is 11.5. The predicted molar refractivity (Wildman–Crippen MR) is 139 cm³/mol. The zero-order valence-corrected chi connectivity index (χ0v) is 19.0. The molecule has 0 heterocycles. The van der Waals surface area contributed by atoms with Crippen molar-refractivity contribution in [3.05, 3.63) is 144 Å². The lowest BCUT2D eigenvalue weighted by Gasteiger charge is -2.37. The number of benzene rings is 6. The maximum atomic E-state index is 6.47. The average Bonchev–Trinajstić information content (AvgIpc) is 2.89. The van der Waals surface area contributed by atoms with Gasteiger partial charge < -0.3 is 4.43 Å². The molecule has 0 aliphatic heterocycles. The molecular weight excluding hydrogens is 416 g/mol. The Hall–Kier alpha value is -3.72. The van der Waals surface area contributed by atoms with Crippen LogP contribution >= 0.6 is 0 Å². The van der Waals surface area contributed by atoms with Gasteiger partial charge in [-0.3, -0.25) is 0 Å². The van der Waals surface area contributed by atoms with Crippen LogP contribution in [-0.4, -0.2) is 10.5 Å². The minimum Gasteiger partial charge on any atom is -0.401 e. The van der Waals surface area contributed by atoms with Crippen LogP contribution in [0.4, 0.5) is 0 Å². The third-order valence-corrected chi connectivity index (χ3v) is 6.95. The molecule has 0 fully saturated rings. The SMILES string of the molecule is [Si]OC(c1ccc2ccccc2c1)(c1cccc2ccccc12)c1cccc2ccccc12. The molecule has 0 amide bonds. The van der Waals surface area contributed by atoms with Gasteiger partial charge in [0.05, 0.1) is 0 Å². The summed E-state index contributed by atoms with van der Waals surface area (Å²) >= 11 is 0. The highest BCUT2D eigenvalue weighted by atomic mass is 28.2. The Labute approximate surface area is 196 Å². The monoisotopic (exact) mass is 437 g/mol. The molecule has 0 aliphatic carbocycles. The highest BCUT2D eigenvalue weighted by molar-refractivity contribution is 6.01. The van der Waals surface area contributed by atoms with Crippen molar-refractivity contribution >= 4 is 42.8 Å². The first kappa shape index (κ1) is 19.9. The van der Waals surface area contributed by atoms with Gasteiger partial charge >= 0.3 is 0 Å². The summed E-state index contributed by atoms with van der Waals surface area (Å²) in [5, 5.41) is 7.09. The molecule has 0 atom stereocenters. The van der Waals surface area contributed by atoms with Crippen LogP contribution in [0.1, 0.15) is 16.7 Å². The van der Waals surface area contributed by atoms with Crippen molar-refractivity contribution in [1.29, 1.82) is 0 Å². The molecule has 2 heteroatoms. The Morgan fingerprint density at radius 3 is 1.52 bits per heavy atom. The molecule has 6 aromatic carbocycles. The number of fused-ring (bicyclic) bond motifs is 3. The molecule has 0 saturated heterocycles. The fourth-order valence-electron chi connectivity index (χ4n) is 5.10. The molecule has 33 heavy (non-hydrogen) atoms. The van der Waals surface area contributed by atoms with Crippen molar-refractivity contribution in [1.82, 2.24) is 0 Å².